The van der Waals surface area contributed by atoms with Crippen LogP contribution in [0.1, 0.15) is 11.4 Å². The molecule has 0 atom stereocenters. The highest BCUT2D eigenvalue weighted by molar-refractivity contribution is 7.98. The maximum atomic E-state index is 5.98. The molecule has 2 aromatic heterocycles. The molecule has 0 spiro atoms. The van der Waals surface area contributed by atoms with Crippen molar-refractivity contribution in [2.75, 3.05) is 0 Å². The first-order chi connectivity index (χ1) is 8.22. The van der Waals surface area contributed by atoms with Crippen molar-refractivity contribution in [2.45, 2.75) is 17.5 Å². The second kappa shape index (κ2) is 5.48. The number of aromatic nitrogens is 4. The lowest BCUT2D eigenvalue weighted by molar-refractivity contribution is 0.734. The van der Waals surface area contributed by atoms with Crippen LogP contribution in [0, 0.1) is 0 Å². The molecular formula is C10H12ClN5S. The van der Waals surface area contributed by atoms with Gasteiger partial charge < -0.3 is 10.3 Å². The van der Waals surface area contributed by atoms with E-state index in [1.165, 1.54) is 0 Å². The predicted molar refractivity (Wildman–Crippen MR) is 67.7 cm³/mol. The summed E-state index contributed by atoms with van der Waals surface area (Å²) in [5, 5.41) is 9.40. The van der Waals surface area contributed by atoms with Crippen LogP contribution in [0.25, 0.3) is 0 Å². The zero-order valence-electron chi connectivity index (χ0n) is 9.30. The fraction of sp³-hybridized carbons (Fsp3) is 0.300. The Hall–Kier alpha value is -1.11. The normalized spacial score (nSPS) is 10.8. The monoisotopic (exact) mass is 269 g/mol. The molecule has 0 saturated carbocycles. The molecule has 2 aromatic rings. The lowest BCUT2D eigenvalue weighted by Crippen LogP contribution is -2.05. The molecule has 5 nitrogen and oxygen atoms in total. The Morgan fingerprint density at radius 3 is 2.94 bits per heavy atom. The topological polar surface area (TPSA) is 69.6 Å². The van der Waals surface area contributed by atoms with Crippen LogP contribution >= 0.6 is 23.4 Å². The zero-order chi connectivity index (χ0) is 12.3. The largest absolute Gasteiger partial charge is 0.324 e. The predicted octanol–water partition coefficient (Wildman–Crippen LogP) is 1.61. The first kappa shape index (κ1) is 12.3. The van der Waals surface area contributed by atoms with E-state index in [1.807, 2.05) is 23.7 Å². The van der Waals surface area contributed by atoms with Crippen LogP contribution < -0.4 is 5.73 Å². The summed E-state index contributed by atoms with van der Waals surface area (Å²) in [5.41, 5.74) is 6.51. The minimum absolute atomic E-state index is 0.387. The van der Waals surface area contributed by atoms with Gasteiger partial charge in [-0.1, -0.05) is 29.4 Å². The smallest absolute Gasteiger partial charge is 0.191 e. The van der Waals surface area contributed by atoms with Crippen molar-refractivity contribution in [3.8, 4) is 0 Å². The summed E-state index contributed by atoms with van der Waals surface area (Å²) in [6.07, 6.45) is 1.67. The van der Waals surface area contributed by atoms with Gasteiger partial charge >= 0.3 is 0 Å². The molecule has 0 saturated heterocycles. The van der Waals surface area contributed by atoms with Crippen LogP contribution in [0.4, 0.5) is 0 Å². The number of thioether (sulfide) groups is 1. The van der Waals surface area contributed by atoms with E-state index in [1.54, 1.807) is 18.0 Å². The van der Waals surface area contributed by atoms with E-state index in [-0.39, 0.29) is 0 Å². The highest BCUT2D eigenvalue weighted by atomic mass is 35.5. The summed E-state index contributed by atoms with van der Waals surface area (Å²) in [4.78, 5) is 4.02. The average Bonchev–Trinajstić information content (AvgIpc) is 2.69. The summed E-state index contributed by atoms with van der Waals surface area (Å²) in [5.74, 6) is 1.48. The molecule has 0 bridgehead atoms. The summed E-state index contributed by atoms with van der Waals surface area (Å²) in [7, 11) is 1.90. The highest BCUT2D eigenvalue weighted by Crippen LogP contribution is 2.24. The lowest BCUT2D eigenvalue weighted by Gasteiger charge is -2.03. The number of pyridine rings is 1. The molecule has 0 unspecified atom stereocenters. The molecule has 0 aromatic carbocycles. The fourth-order valence-corrected chi connectivity index (χ4v) is 2.50. The van der Waals surface area contributed by atoms with E-state index < -0.39 is 0 Å². The molecule has 0 fully saturated rings. The summed E-state index contributed by atoms with van der Waals surface area (Å²) < 4.78 is 1.88. The van der Waals surface area contributed by atoms with Gasteiger partial charge in [0.1, 0.15) is 11.0 Å². The Kier molecular flexibility index (Phi) is 3.98. The van der Waals surface area contributed by atoms with Crippen LogP contribution in [0.5, 0.6) is 0 Å². The lowest BCUT2D eigenvalue weighted by atomic mass is 10.3. The molecule has 7 heteroatoms. The van der Waals surface area contributed by atoms with Crippen molar-refractivity contribution in [3.63, 3.8) is 0 Å². The number of hydrogen-bond acceptors (Lipinski definition) is 5. The van der Waals surface area contributed by atoms with E-state index in [0.29, 0.717) is 17.5 Å². The second-order valence-electron chi connectivity index (χ2n) is 3.40. The molecule has 0 amide bonds. The molecule has 2 N–H and O–H groups in total. The molecular weight excluding hydrogens is 258 g/mol. The second-order valence-corrected chi connectivity index (χ2v) is 4.70. The van der Waals surface area contributed by atoms with Gasteiger partial charge in [-0.15, -0.1) is 10.2 Å². The Morgan fingerprint density at radius 1 is 1.47 bits per heavy atom. The molecule has 2 rings (SSSR count). The van der Waals surface area contributed by atoms with Crippen LogP contribution in [-0.4, -0.2) is 19.7 Å². The first-order valence-electron chi connectivity index (χ1n) is 5.03. The van der Waals surface area contributed by atoms with Crippen molar-refractivity contribution in [3.05, 3.63) is 34.9 Å². The summed E-state index contributed by atoms with van der Waals surface area (Å²) in [6.45, 7) is 0.387. The van der Waals surface area contributed by atoms with Crippen molar-refractivity contribution in [2.24, 2.45) is 12.8 Å². The van der Waals surface area contributed by atoms with Crippen LogP contribution in [-0.2, 0) is 19.3 Å². The third-order valence-electron chi connectivity index (χ3n) is 2.30. The first-order valence-corrected chi connectivity index (χ1v) is 6.39. The Balaban J connectivity index is 2.07. The Bertz CT molecular complexity index is 513. The number of nitrogens with two attached hydrogens (primary N) is 1. The van der Waals surface area contributed by atoms with Gasteiger partial charge in [-0.05, 0) is 11.6 Å². The number of nitrogens with zero attached hydrogens (tertiary/aromatic N) is 4. The van der Waals surface area contributed by atoms with E-state index in [2.05, 4.69) is 15.2 Å². The number of halogens is 1. The Morgan fingerprint density at radius 2 is 2.29 bits per heavy atom. The van der Waals surface area contributed by atoms with Crippen LogP contribution in [0.2, 0.25) is 5.15 Å². The fourth-order valence-electron chi connectivity index (χ4n) is 1.32. The zero-order valence-corrected chi connectivity index (χ0v) is 10.9. The third-order valence-corrected chi connectivity index (χ3v) is 3.71. The summed E-state index contributed by atoms with van der Waals surface area (Å²) >= 11 is 7.54. The molecule has 2 heterocycles. The average molecular weight is 270 g/mol. The van der Waals surface area contributed by atoms with Crippen molar-refractivity contribution in [1.82, 2.24) is 19.7 Å². The van der Waals surface area contributed by atoms with Gasteiger partial charge in [-0.25, -0.2) is 4.98 Å². The standard InChI is InChI=1S/C10H12ClN5S/c1-16-8(5-12)14-15-10(16)17-6-7-3-2-4-13-9(7)11/h2-4H,5-6,12H2,1H3. The summed E-state index contributed by atoms with van der Waals surface area (Å²) in [6, 6.07) is 3.81. The van der Waals surface area contributed by atoms with Crippen molar-refractivity contribution in [1.29, 1.82) is 0 Å². The van der Waals surface area contributed by atoms with Gasteiger partial charge in [0.15, 0.2) is 5.16 Å². The van der Waals surface area contributed by atoms with Gasteiger partial charge in [0.25, 0.3) is 0 Å². The highest BCUT2D eigenvalue weighted by Gasteiger charge is 2.09. The molecule has 0 aliphatic heterocycles. The van der Waals surface area contributed by atoms with E-state index in [4.69, 9.17) is 17.3 Å². The number of rotatable bonds is 4. The minimum atomic E-state index is 0.387. The Labute approximate surface area is 108 Å². The van der Waals surface area contributed by atoms with E-state index in [9.17, 15) is 0 Å². The van der Waals surface area contributed by atoms with Gasteiger partial charge in [0.05, 0.1) is 6.54 Å². The minimum Gasteiger partial charge on any atom is -0.324 e. The maximum Gasteiger partial charge on any atom is 0.191 e. The van der Waals surface area contributed by atoms with Crippen molar-refractivity contribution < 1.29 is 0 Å². The third kappa shape index (κ3) is 2.77. The van der Waals surface area contributed by atoms with E-state index >= 15 is 0 Å². The van der Waals surface area contributed by atoms with Gasteiger partial charge in [-0.2, -0.15) is 0 Å². The number of hydrogen-bond donors (Lipinski definition) is 1. The van der Waals surface area contributed by atoms with E-state index in [0.717, 1.165) is 16.5 Å². The van der Waals surface area contributed by atoms with Gasteiger partial charge in [0, 0.05) is 19.0 Å². The molecule has 0 aliphatic carbocycles. The molecule has 17 heavy (non-hydrogen) atoms. The quantitative estimate of drug-likeness (QED) is 0.675. The maximum absolute atomic E-state index is 5.98. The molecule has 0 aliphatic rings. The van der Waals surface area contributed by atoms with Crippen LogP contribution in [0.15, 0.2) is 23.5 Å². The molecule has 0 radical (unpaired) electrons. The van der Waals surface area contributed by atoms with Crippen LogP contribution in [0.3, 0.4) is 0 Å². The van der Waals surface area contributed by atoms with Gasteiger partial charge in [0.2, 0.25) is 0 Å². The molecule has 90 valence electrons. The SMILES string of the molecule is Cn1c(CN)nnc1SCc1cccnc1Cl. The van der Waals surface area contributed by atoms with Crippen molar-refractivity contribution >= 4 is 23.4 Å². The van der Waals surface area contributed by atoms with Gasteiger partial charge in [-0.3, -0.25) is 0 Å².